The molecule has 0 amide bonds. The maximum Gasteiger partial charge on any atom is 0.123 e. The molecule has 1 aromatic carbocycles. The molecular formula is C12H19FN2. The second-order valence-corrected chi connectivity index (χ2v) is 4.43. The zero-order chi connectivity index (χ0) is 11.6. The van der Waals surface area contributed by atoms with E-state index in [9.17, 15) is 4.39 Å². The third-order valence-corrected chi connectivity index (χ3v) is 3.11. The second-order valence-electron chi connectivity index (χ2n) is 4.43. The van der Waals surface area contributed by atoms with Crippen molar-refractivity contribution in [3.05, 3.63) is 35.6 Å². The van der Waals surface area contributed by atoms with E-state index in [4.69, 9.17) is 5.73 Å². The number of rotatable bonds is 3. The Kier molecular flexibility index (Phi) is 3.47. The molecule has 0 aliphatic carbocycles. The van der Waals surface area contributed by atoms with Crippen molar-refractivity contribution < 1.29 is 4.39 Å². The highest BCUT2D eigenvalue weighted by molar-refractivity contribution is 5.25. The molecule has 84 valence electrons. The van der Waals surface area contributed by atoms with Gasteiger partial charge in [-0.3, -0.25) is 0 Å². The molecule has 0 fully saturated rings. The molecule has 2 atom stereocenters. The molecule has 0 saturated heterocycles. The Morgan fingerprint density at radius 2 is 1.73 bits per heavy atom. The van der Waals surface area contributed by atoms with Crippen LogP contribution in [-0.4, -0.2) is 25.0 Å². The zero-order valence-electron chi connectivity index (χ0n) is 9.79. The van der Waals surface area contributed by atoms with Crippen molar-refractivity contribution in [2.24, 2.45) is 5.73 Å². The van der Waals surface area contributed by atoms with Crippen molar-refractivity contribution in [3.63, 3.8) is 0 Å². The fraction of sp³-hybridized carbons (Fsp3) is 0.500. The third-order valence-electron chi connectivity index (χ3n) is 3.11. The number of hydrogen-bond acceptors (Lipinski definition) is 2. The minimum Gasteiger partial charge on any atom is -0.320 e. The standard InChI is InChI=1S/C12H19FN2/c1-9(15(3)4)12(2,14)10-5-7-11(13)8-6-10/h5-9H,14H2,1-4H3. The average molecular weight is 210 g/mol. The number of likely N-dealkylation sites (N-methyl/N-ethyl adjacent to an activating group) is 1. The minimum absolute atomic E-state index is 0.183. The summed E-state index contributed by atoms with van der Waals surface area (Å²) < 4.78 is 12.8. The van der Waals surface area contributed by atoms with Crippen LogP contribution in [0.5, 0.6) is 0 Å². The van der Waals surface area contributed by atoms with Crippen molar-refractivity contribution in [1.29, 1.82) is 0 Å². The molecule has 0 aliphatic heterocycles. The predicted octanol–water partition coefficient (Wildman–Crippen LogP) is 1.95. The highest BCUT2D eigenvalue weighted by atomic mass is 19.1. The lowest BCUT2D eigenvalue weighted by molar-refractivity contribution is 0.207. The van der Waals surface area contributed by atoms with Gasteiger partial charge < -0.3 is 10.6 Å². The first-order chi connectivity index (χ1) is 6.85. The predicted molar refractivity (Wildman–Crippen MR) is 61.1 cm³/mol. The van der Waals surface area contributed by atoms with Crippen LogP contribution in [0.4, 0.5) is 4.39 Å². The average Bonchev–Trinajstić information content (AvgIpc) is 2.17. The maximum atomic E-state index is 12.8. The van der Waals surface area contributed by atoms with E-state index in [0.29, 0.717) is 0 Å². The third kappa shape index (κ3) is 2.55. The van der Waals surface area contributed by atoms with Gasteiger partial charge in [0.05, 0.1) is 5.54 Å². The number of benzene rings is 1. The Morgan fingerprint density at radius 1 is 1.27 bits per heavy atom. The summed E-state index contributed by atoms with van der Waals surface area (Å²) in [4.78, 5) is 2.06. The summed E-state index contributed by atoms with van der Waals surface area (Å²) in [6.07, 6.45) is 0. The summed E-state index contributed by atoms with van der Waals surface area (Å²) in [6, 6.07) is 6.57. The molecule has 0 bridgehead atoms. The maximum absolute atomic E-state index is 12.8. The highest BCUT2D eigenvalue weighted by Gasteiger charge is 2.29. The summed E-state index contributed by atoms with van der Waals surface area (Å²) >= 11 is 0. The normalized spacial score (nSPS) is 17.5. The fourth-order valence-electron chi connectivity index (χ4n) is 1.59. The number of halogens is 1. The fourth-order valence-corrected chi connectivity index (χ4v) is 1.59. The van der Waals surface area contributed by atoms with E-state index in [1.54, 1.807) is 12.1 Å². The van der Waals surface area contributed by atoms with Crippen molar-refractivity contribution in [3.8, 4) is 0 Å². The summed E-state index contributed by atoms with van der Waals surface area (Å²) in [5.74, 6) is -0.230. The largest absolute Gasteiger partial charge is 0.320 e. The van der Waals surface area contributed by atoms with Crippen molar-refractivity contribution >= 4 is 0 Å². The second kappa shape index (κ2) is 4.29. The monoisotopic (exact) mass is 210 g/mol. The van der Waals surface area contributed by atoms with Crippen LogP contribution in [-0.2, 0) is 5.54 Å². The van der Waals surface area contributed by atoms with Gasteiger partial charge in [0.1, 0.15) is 5.82 Å². The Labute approximate surface area is 90.9 Å². The van der Waals surface area contributed by atoms with Crippen molar-refractivity contribution in [2.75, 3.05) is 14.1 Å². The molecule has 0 heterocycles. The van der Waals surface area contributed by atoms with E-state index >= 15 is 0 Å². The molecular weight excluding hydrogens is 191 g/mol. The SMILES string of the molecule is CC(N(C)C)C(C)(N)c1ccc(F)cc1. The molecule has 0 saturated carbocycles. The van der Waals surface area contributed by atoms with Gasteiger partial charge in [0.25, 0.3) is 0 Å². The lowest BCUT2D eigenvalue weighted by atomic mass is 9.86. The summed E-state index contributed by atoms with van der Waals surface area (Å²) in [5, 5.41) is 0. The lowest BCUT2D eigenvalue weighted by Crippen LogP contribution is -2.50. The Bertz CT molecular complexity index is 317. The highest BCUT2D eigenvalue weighted by Crippen LogP contribution is 2.24. The van der Waals surface area contributed by atoms with Crippen molar-refractivity contribution in [2.45, 2.75) is 25.4 Å². The molecule has 3 heteroatoms. The van der Waals surface area contributed by atoms with Gasteiger partial charge in [-0.1, -0.05) is 12.1 Å². The van der Waals surface area contributed by atoms with Crippen LogP contribution in [0.25, 0.3) is 0 Å². The van der Waals surface area contributed by atoms with E-state index in [1.807, 2.05) is 21.0 Å². The number of hydrogen-bond donors (Lipinski definition) is 1. The van der Waals surface area contributed by atoms with Crippen molar-refractivity contribution in [1.82, 2.24) is 4.90 Å². The van der Waals surface area contributed by atoms with Crippen LogP contribution < -0.4 is 5.73 Å². The first-order valence-electron chi connectivity index (χ1n) is 5.07. The quantitative estimate of drug-likeness (QED) is 0.826. The molecule has 1 rings (SSSR count). The summed E-state index contributed by atoms with van der Waals surface area (Å²) in [6.45, 7) is 4.02. The molecule has 0 radical (unpaired) electrons. The van der Waals surface area contributed by atoms with Crippen LogP contribution in [0.3, 0.4) is 0 Å². The van der Waals surface area contributed by atoms with E-state index in [0.717, 1.165) is 5.56 Å². The Morgan fingerprint density at radius 3 is 2.13 bits per heavy atom. The van der Waals surface area contributed by atoms with Gasteiger partial charge >= 0.3 is 0 Å². The van der Waals surface area contributed by atoms with E-state index < -0.39 is 5.54 Å². The Hall–Kier alpha value is -0.930. The van der Waals surface area contributed by atoms with Crippen LogP contribution in [0.2, 0.25) is 0 Å². The molecule has 0 aliphatic rings. The molecule has 0 spiro atoms. The van der Waals surface area contributed by atoms with Crippen LogP contribution >= 0.6 is 0 Å². The van der Waals surface area contributed by atoms with E-state index in [2.05, 4.69) is 11.8 Å². The molecule has 1 aromatic rings. The zero-order valence-corrected chi connectivity index (χ0v) is 9.79. The minimum atomic E-state index is -0.475. The molecule has 2 nitrogen and oxygen atoms in total. The van der Waals surface area contributed by atoms with Crippen LogP contribution in [0.1, 0.15) is 19.4 Å². The smallest absolute Gasteiger partial charge is 0.123 e. The lowest BCUT2D eigenvalue weighted by Gasteiger charge is -2.36. The molecule has 0 aromatic heterocycles. The molecule has 15 heavy (non-hydrogen) atoms. The van der Waals surface area contributed by atoms with Gasteiger partial charge in [-0.25, -0.2) is 4.39 Å². The van der Waals surface area contributed by atoms with Gasteiger partial charge in [-0.15, -0.1) is 0 Å². The van der Waals surface area contributed by atoms with Crippen LogP contribution in [0, 0.1) is 5.82 Å². The van der Waals surface area contributed by atoms with Gasteiger partial charge in [-0.05, 0) is 45.6 Å². The van der Waals surface area contributed by atoms with Gasteiger partial charge in [-0.2, -0.15) is 0 Å². The molecule has 2 N–H and O–H groups in total. The Balaban J connectivity index is 2.99. The first kappa shape index (κ1) is 12.1. The van der Waals surface area contributed by atoms with E-state index in [-0.39, 0.29) is 11.9 Å². The number of nitrogens with two attached hydrogens (primary N) is 1. The topological polar surface area (TPSA) is 29.3 Å². The number of nitrogens with zero attached hydrogens (tertiary/aromatic N) is 1. The van der Waals surface area contributed by atoms with Crippen LogP contribution in [0.15, 0.2) is 24.3 Å². The van der Waals surface area contributed by atoms with Gasteiger partial charge in [0.2, 0.25) is 0 Å². The van der Waals surface area contributed by atoms with E-state index in [1.165, 1.54) is 12.1 Å². The van der Waals surface area contributed by atoms with Gasteiger partial charge in [0, 0.05) is 6.04 Å². The first-order valence-corrected chi connectivity index (χ1v) is 5.07. The van der Waals surface area contributed by atoms with Gasteiger partial charge in [0.15, 0.2) is 0 Å². The summed E-state index contributed by atoms with van der Waals surface area (Å²) in [7, 11) is 3.97. The summed E-state index contributed by atoms with van der Waals surface area (Å²) in [5.41, 5.74) is 6.74. The molecule has 2 unspecified atom stereocenters.